The molecule has 0 spiro atoms. The third kappa shape index (κ3) is 2.16. The summed E-state index contributed by atoms with van der Waals surface area (Å²) >= 11 is 0. The largest absolute Gasteiger partial charge is 0.487 e. The molecule has 1 aliphatic carbocycles. The number of rotatable bonds is 2. The fraction of sp³-hybridized carbons (Fsp3) is 0.571. The van der Waals surface area contributed by atoms with E-state index in [9.17, 15) is 9.50 Å². The van der Waals surface area contributed by atoms with Gasteiger partial charge in [-0.15, -0.1) is 0 Å². The Hall–Kier alpha value is -1.09. The highest BCUT2D eigenvalue weighted by Crippen LogP contribution is 2.46. The van der Waals surface area contributed by atoms with Crippen molar-refractivity contribution in [2.75, 3.05) is 0 Å². The van der Waals surface area contributed by atoms with Crippen LogP contribution in [0.5, 0.6) is 5.75 Å². The highest BCUT2D eigenvalue weighted by molar-refractivity contribution is 5.38. The molecular weight excluding hydrogens is 219 g/mol. The predicted octanol–water partition coefficient (Wildman–Crippen LogP) is 3.20. The molecule has 1 aromatic rings. The van der Waals surface area contributed by atoms with E-state index in [4.69, 9.17) is 4.74 Å². The van der Waals surface area contributed by atoms with Crippen molar-refractivity contribution in [3.63, 3.8) is 0 Å². The van der Waals surface area contributed by atoms with Crippen LogP contribution in [0.25, 0.3) is 0 Å². The average molecular weight is 236 g/mol. The summed E-state index contributed by atoms with van der Waals surface area (Å²) in [5.41, 5.74) is 0.282. The van der Waals surface area contributed by atoms with Crippen LogP contribution in [0.3, 0.4) is 0 Å². The first-order chi connectivity index (χ1) is 8.06. The Bertz CT molecular complexity index is 442. The second kappa shape index (κ2) is 3.70. The van der Waals surface area contributed by atoms with Crippen molar-refractivity contribution >= 4 is 0 Å². The van der Waals surface area contributed by atoms with Gasteiger partial charge in [-0.25, -0.2) is 4.39 Å². The van der Waals surface area contributed by atoms with Gasteiger partial charge in [-0.3, -0.25) is 0 Å². The summed E-state index contributed by atoms with van der Waals surface area (Å²) in [6.07, 6.45) is 3.47. The summed E-state index contributed by atoms with van der Waals surface area (Å²) in [5.74, 6) is 1.06. The van der Waals surface area contributed by atoms with Gasteiger partial charge >= 0.3 is 0 Å². The molecule has 3 rings (SSSR count). The quantitative estimate of drug-likeness (QED) is 0.854. The van der Waals surface area contributed by atoms with E-state index >= 15 is 0 Å². The van der Waals surface area contributed by atoms with Gasteiger partial charge in [-0.1, -0.05) is 12.8 Å². The van der Waals surface area contributed by atoms with E-state index in [1.807, 2.05) is 6.92 Å². The molecule has 1 heterocycles. The van der Waals surface area contributed by atoms with Crippen LogP contribution in [0, 0.1) is 11.7 Å². The summed E-state index contributed by atoms with van der Waals surface area (Å²) < 4.78 is 19.1. The summed E-state index contributed by atoms with van der Waals surface area (Å²) in [6, 6.07) is 4.38. The normalized spacial score (nSPS) is 31.8. The number of ether oxygens (including phenoxy) is 1. The second-order valence-corrected chi connectivity index (χ2v) is 5.60. The van der Waals surface area contributed by atoms with Crippen LogP contribution < -0.4 is 4.74 Å². The lowest BCUT2D eigenvalue weighted by Gasteiger charge is -2.38. The number of halogens is 1. The lowest BCUT2D eigenvalue weighted by Crippen LogP contribution is -2.38. The number of benzene rings is 1. The molecule has 1 aromatic carbocycles. The Balaban J connectivity index is 1.88. The van der Waals surface area contributed by atoms with Crippen LogP contribution in [0.2, 0.25) is 0 Å². The standard InChI is InChI=1S/C14H17FO2/c1-14(7-9-2-3-9)8-12(16)11-6-10(15)4-5-13(11)17-14/h4-6,9,12,16H,2-3,7-8H2,1H3. The first-order valence-corrected chi connectivity index (χ1v) is 6.22. The van der Waals surface area contributed by atoms with Crippen molar-refractivity contribution in [2.45, 2.75) is 44.3 Å². The molecule has 2 unspecified atom stereocenters. The van der Waals surface area contributed by atoms with Gasteiger partial charge < -0.3 is 9.84 Å². The van der Waals surface area contributed by atoms with Crippen molar-refractivity contribution in [1.82, 2.24) is 0 Å². The fourth-order valence-corrected chi connectivity index (χ4v) is 2.76. The third-order valence-corrected chi connectivity index (χ3v) is 3.73. The molecule has 1 saturated carbocycles. The molecule has 1 fully saturated rings. The Morgan fingerprint density at radius 1 is 1.47 bits per heavy atom. The number of fused-ring (bicyclic) bond motifs is 1. The van der Waals surface area contributed by atoms with Crippen molar-refractivity contribution in [1.29, 1.82) is 0 Å². The molecule has 17 heavy (non-hydrogen) atoms. The minimum atomic E-state index is -0.613. The van der Waals surface area contributed by atoms with Crippen LogP contribution in [-0.4, -0.2) is 10.7 Å². The molecule has 3 heteroatoms. The maximum Gasteiger partial charge on any atom is 0.126 e. The number of hydrogen-bond donors (Lipinski definition) is 1. The molecule has 0 aromatic heterocycles. The van der Waals surface area contributed by atoms with Gasteiger partial charge in [0, 0.05) is 12.0 Å². The Labute approximate surface area is 100 Å². The molecule has 0 radical (unpaired) electrons. The van der Waals surface area contributed by atoms with Gasteiger partial charge in [-0.2, -0.15) is 0 Å². The van der Waals surface area contributed by atoms with Crippen molar-refractivity contribution in [2.24, 2.45) is 5.92 Å². The van der Waals surface area contributed by atoms with Gasteiger partial charge in [0.1, 0.15) is 17.2 Å². The molecule has 92 valence electrons. The minimum absolute atomic E-state index is 0.300. The lowest BCUT2D eigenvalue weighted by molar-refractivity contribution is -0.0107. The van der Waals surface area contributed by atoms with Gasteiger partial charge in [0.2, 0.25) is 0 Å². The van der Waals surface area contributed by atoms with E-state index in [0.717, 1.165) is 12.3 Å². The molecule has 0 saturated heterocycles. The zero-order valence-corrected chi connectivity index (χ0v) is 9.95. The lowest BCUT2D eigenvalue weighted by atomic mass is 9.86. The highest BCUT2D eigenvalue weighted by atomic mass is 19.1. The smallest absolute Gasteiger partial charge is 0.126 e. The van der Waals surface area contributed by atoms with Gasteiger partial charge in [-0.05, 0) is 37.5 Å². The SMILES string of the molecule is CC1(CC2CC2)CC(O)c2cc(F)ccc2O1. The van der Waals surface area contributed by atoms with Crippen molar-refractivity contribution in [3.05, 3.63) is 29.6 Å². The van der Waals surface area contributed by atoms with Crippen LogP contribution in [0.1, 0.15) is 44.3 Å². The zero-order valence-electron chi connectivity index (χ0n) is 9.95. The van der Waals surface area contributed by atoms with E-state index < -0.39 is 6.10 Å². The first-order valence-electron chi connectivity index (χ1n) is 6.22. The molecule has 1 N–H and O–H groups in total. The summed E-state index contributed by atoms with van der Waals surface area (Å²) in [4.78, 5) is 0. The van der Waals surface area contributed by atoms with Crippen molar-refractivity contribution < 1.29 is 14.2 Å². The maximum absolute atomic E-state index is 13.1. The molecule has 0 amide bonds. The van der Waals surface area contributed by atoms with Crippen LogP contribution in [-0.2, 0) is 0 Å². The molecule has 1 aliphatic heterocycles. The van der Waals surface area contributed by atoms with E-state index in [1.165, 1.54) is 25.0 Å². The average Bonchev–Trinajstić information content (AvgIpc) is 3.03. The van der Waals surface area contributed by atoms with E-state index in [1.54, 1.807) is 6.07 Å². The van der Waals surface area contributed by atoms with Crippen LogP contribution in [0.4, 0.5) is 4.39 Å². The van der Waals surface area contributed by atoms with Gasteiger partial charge in [0.15, 0.2) is 0 Å². The Morgan fingerprint density at radius 3 is 2.94 bits per heavy atom. The highest BCUT2D eigenvalue weighted by Gasteiger charge is 2.40. The van der Waals surface area contributed by atoms with Crippen LogP contribution in [0.15, 0.2) is 18.2 Å². The molecule has 2 nitrogen and oxygen atoms in total. The van der Waals surface area contributed by atoms with E-state index in [-0.39, 0.29) is 11.4 Å². The molecule has 2 aliphatic rings. The molecule has 0 bridgehead atoms. The Morgan fingerprint density at radius 2 is 2.24 bits per heavy atom. The summed E-state index contributed by atoms with van der Waals surface area (Å²) in [7, 11) is 0. The minimum Gasteiger partial charge on any atom is -0.487 e. The maximum atomic E-state index is 13.1. The Kier molecular flexibility index (Phi) is 2.40. The monoisotopic (exact) mass is 236 g/mol. The fourth-order valence-electron chi connectivity index (χ4n) is 2.76. The number of hydrogen-bond acceptors (Lipinski definition) is 2. The predicted molar refractivity (Wildman–Crippen MR) is 62.4 cm³/mol. The first kappa shape index (κ1) is 11.0. The van der Waals surface area contributed by atoms with E-state index in [2.05, 4.69) is 0 Å². The topological polar surface area (TPSA) is 29.5 Å². The summed E-state index contributed by atoms with van der Waals surface area (Å²) in [6.45, 7) is 2.04. The van der Waals surface area contributed by atoms with Crippen molar-refractivity contribution in [3.8, 4) is 5.75 Å². The second-order valence-electron chi connectivity index (χ2n) is 5.60. The molecule has 2 atom stereocenters. The number of aliphatic hydroxyl groups is 1. The van der Waals surface area contributed by atoms with E-state index in [0.29, 0.717) is 17.7 Å². The van der Waals surface area contributed by atoms with Crippen LogP contribution >= 0.6 is 0 Å². The van der Waals surface area contributed by atoms with Gasteiger partial charge in [0.25, 0.3) is 0 Å². The van der Waals surface area contributed by atoms with Gasteiger partial charge in [0.05, 0.1) is 6.10 Å². The summed E-state index contributed by atoms with van der Waals surface area (Å²) in [5, 5.41) is 10.1. The molecular formula is C14H17FO2. The zero-order chi connectivity index (χ0) is 12.0. The third-order valence-electron chi connectivity index (χ3n) is 3.73. The number of aliphatic hydroxyl groups excluding tert-OH is 1.